The lowest BCUT2D eigenvalue weighted by Crippen LogP contribution is -2.23. The average Bonchev–Trinajstić information content (AvgIpc) is 2.73. The van der Waals surface area contributed by atoms with E-state index in [1.54, 1.807) is 6.07 Å². The molecule has 4 aromatic rings. The first-order valence-electron chi connectivity index (χ1n) is 9.13. The number of para-hydroxylation sites is 1. The van der Waals surface area contributed by atoms with Gasteiger partial charge in [-0.25, -0.2) is 4.98 Å². The van der Waals surface area contributed by atoms with Gasteiger partial charge in [-0.1, -0.05) is 48.5 Å². The summed E-state index contributed by atoms with van der Waals surface area (Å²) < 4.78 is 77.9. The lowest BCUT2D eigenvalue weighted by molar-refractivity contribution is -0.138. The molecule has 31 heavy (non-hydrogen) atoms. The van der Waals surface area contributed by atoms with Gasteiger partial charge in [0.1, 0.15) is 0 Å². The second kappa shape index (κ2) is 7.97. The Labute approximate surface area is 175 Å². The molecule has 1 aromatic heterocycles. The highest BCUT2D eigenvalue weighted by Crippen LogP contribution is 2.36. The third-order valence-corrected chi connectivity index (χ3v) is 7.05. The fourth-order valence-electron chi connectivity index (χ4n) is 3.19. The third-order valence-electron chi connectivity index (χ3n) is 4.72. The number of hydrogen-bond acceptors (Lipinski definition) is 1. The molecule has 0 saturated carbocycles. The van der Waals surface area contributed by atoms with E-state index in [9.17, 15) is 26.3 Å². The number of halogens is 6. The highest BCUT2D eigenvalue weighted by atomic mass is 31.1. The van der Waals surface area contributed by atoms with Crippen molar-refractivity contribution in [2.75, 3.05) is 0 Å². The average molecular weight is 449 g/mol. The Bertz CT molecular complexity index is 1140. The van der Waals surface area contributed by atoms with Gasteiger partial charge in [0.25, 0.3) is 0 Å². The largest absolute Gasteiger partial charge is 0.416 e. The number of aromatic nitrogens is 1. The first-order valence-corrected chi connectivity index (χ1v) is 10.5. The molecule has 1 nitrogen and oxygen atoms in total. The van der Waals surface area contributed by atoms with Crippen molar-refractivity contribution < 1.29 is 26.3 Å². The summed E-state index contributed by atoms with van der Waals surface area (Å²) in [5.41, 5.74) is -0.283. The highest BCUT2D eigenvalue weighted by molar-refractivity contribution is 7.79. The molecular formula is C23H14F6NP. The normalized spacial score (nSPS) is 12.5. The molecule has 3 aromatic carbocycles. The van der Waals surface area contributed by atoms with E-state index in [0.29, 0.717) is 21.6 Å². The summed E-state index contributed by atoms with van der Waals surface area (Å²) in [5, 5.41) is 2.01. The molecule has 0 atom stereocenters. The number of nitrogens with zero attached hydrogens (tertiary/aromatic N) is 1. The highest BCUT2D eigenvalue weighted by Gasteiger charge is 2.32. The third kappa shape index (κ3) is 4.57. The molecule has 0 saturated heterocycles. The van der Waals surface area contributed by atoms with E-state index >= 15 is 0 Å². The van der Waals surface area contributed by atoms with Gasteiger partial charge in [0.05, 0.1) is 22.1 Å². The SMILES string of the molecule is FC(F)(F)c1ccc(P(c2ccc(C(F)(F)F)cc2)c2ccc3ccccc3n2)cc1. The molecule has 0 aliphatic rings. The number of hydrogen-bond donors (Lipinski definition) is 0. The van der Waals surface area contributed by atoms with Crippen molar-refractivity contribution in [3.05, 3.63) is 96.1 Å². The van der Waals surface area contributed by atoms with Gasteiger partial charge in [0.15, 0.2) is 0 Å². The van der Waals surface area contributed by atoms with E-state index < -0.39 is 31.4 Å². The Morgan fingerprint density at radius 3 is 1.52 bits per heavy atom. The van der Waals surface area contributed by atoms with Crippen molar-refractivity contribution in [3.63, 3.8) is 0 Å². The lowest BCUT2D eigenvalue weighted by atomic mass is 10.2. The predicted molar refractivity (Wildman–Crippen MR) is 110 cm³/mol. The minimum atomic E-state index is -4.48. The summed E-state index contributed by atoms with van der Waals surface area (Å²) in [6, 6.07) is 20.4. The van der Waals surface area contributed by atoms with Crippen molar-refractivity contribution >= 4 is 34.9 Å². The first kappa shape index (κ1) is 21.3. The summed E-state index contributed by atoms with van der Waals surface area (Å²) >= 11 is 0. The number of benzene rings is 3. The molecule has 4 rings (SSSR count). The lowest BCUT2D eigenvalue weighted by Gasteiger charge is -2.20. The van der Waals surface area contributed by atoms with Crippen LogP contribution in [0.3, 0.4) is 0 Å². The summed E-state index contributed by atoms with van der Waals surface area (Å²) in [6.07, 6.45) is -8.95. The van der Waals surface area contributed by atoms with Gasteiger partial charge in [-0.3, -0.25) is 0 Å². The van der Waals surface area contributed by atoms with Crippen LogP contribution in [0.5, 0.6) is 0 Å². The van der Waals surface area contributed by atoms with Crippen molar-refractivity contribution in [1.82, 2.24) is 4.98 Å². The molecule has 8 heteroatoms. The van der Waals surface area contributed by atoms with E-state index in [1.807, 2.05) is 30.3 Å². The van der Waals surface area contributed by atoms with E-state index in [4.69, 9.17) is 0 Å². The zero-order valence-corrected chi connectivity index (χ0v) is 16.6. The zero-order valence-electron chi connectivity index (χ0n) is 15.7. The van der Waals surface area contributed by atoms with Crippen molar-refractivity contribution in [2.45, 2.75) is 12.4 Å². The van der Waals surface area contributed by atoms with E-state index in [0.717, 1.165) is 29.7 Å². The molecule has 158 valence electrons. The van der Waals surface area contributed by atoms with Gasteiger partial charge < -0.3 is 0 Å². The second-order valence-corrected chi connectivity index (χ2v) is 8.95. The molecule has 0 N–H and O–H groups in total. The van der Waals surface area contributed by atoms with E-state index in [-0.39, 0.29) is 0 Å². The quantitative estimate of drug-likeness (QED) is 0.275. The Morgan fingerprint density at radius 2 is 1.03 bits per heavy atom. The van der Waals surface area contributed by atoms with Gasteiger partial charge in [-0.15, -0.1) is 0 Å². The summed E-state index contributed by atoms with van der Waals surface area (Å²) in [5.74, 6) is 0. The van der Waals surface area contributed by atoms with Crippen LogP contribution in [-0.4, -0.2) is 4.98 Å². The van der Waals surface area contributed by atoms with Gasteiger partial charge in [0, 0.05) is 13.3 Å². The maximum absolute atomic E-state index is 13.0. The molecule has 0 fully saturated rings. The smallest absolute Gasteiger partial charge is 0.247 e. The molecule has 0 aliphatic carbocycles. The van der Waals surface area contributed by atoms with E-state index in [1.165, 1.54) is 24.3 Å². The van der Waals surface area contributed by atoms with Crippen LogP contribution in [0.4, 0.5) is 26.3 Å². The van der Waals surface area contributed by atoms with Crippen molar-refractivity contribution in [3.8, 4) is 0 Å². The first-order chi connectivity index (χ1) is 14.6. The molecule has 1 heterocycles. The van der Waals surface area contributed by atoms with Crippen LogP contribution in [0, 0.1) is 0 Å². The van der Waals surface area contributed by atoms with Gasteiger partial charge in [-0.2, -0.15) is 26.3 Å². The van der Waals surface area contributed by atoms with Crippen LogP contribution in [0.2, 0.25) is 0 Å². The Morgan fingerprint density at radius 1 is 0.548 bits per heavy atom. The van der Waals surface area contributed by atoms with E-state index in [2.05, 4.69) is 4.98 Å². The predicted octanol–water partition coefficient (Wildman–Crippen LogP) is 6.03. The molecule has 0 radical (unpaired) electrons. The van der Waals surface area contributed by atoms with Crippen LogP contribution in [-0.2, 0) is 12.4 Å². The second-order valence-electron chi connectivity index (χ2n) is 6.79. The number of alkyl halides is 6. The molecule has 0 bridgehead atoms. The van der Waals surface area contributed by atoms with Crippen LogP contribution in [0.25, 0.3) is 10.9 Å². The van der Waals surface area contributed by atoms with Crippen LogP contribution < -0.4 is 16.0 Å². The maximum Gasteiger partial charge on any atom is 0.416 e. The standard InChI is InChI=1S/C23H14F6NP/c24-22(25,26)16-6-10-18(11-7-16)31(19-12-8-17(9-13-19)23(27,28)29)21-14-5-15-3-1-2-4-20(15)30-21/h1-14H. The molecule has 0 aliphatic heterocycles. The van der Waals surface area contributed by atoms with Crippen LogP contribution >= 0.6 is 7.92 Å². The molecule has 0 spiro atoms. The Balaban J connectivity index is 1.83. The number of rotatable bonds is 3. The fourth-order valence-corrected chi connectivity index (χ4v) is 5.35. The Kier molecular flexibility index (Phi) is 5.48. The van der Waals surface area contributed by atoms with Gasteiger partial charge >= 0.3 is 12.4 Å². The molecule has 0 unspecified atom stereocenters. The summed E-state index contributed by atoms with van der Waals surface area (Å²) in [4.78, 5) is 4.66. The zero-order chi connectivity index (χ0) is 22.2. The minimum Gasteiger partial charge on any atom is -0.247 e. The van der Waals surface area contributed by atoms with Gasteiger partial charge in [0.2, 0.25) is 0 Å². The van der Waals surface area contributed by atoms with Gasteiger partial charge in [-0.05, 0) is 47.0 Å². The van der Waals surface area contributed by atoms with Crippen molar-refractivity contribution in [2.24, 2.45) is 0 Å². The number of fused-ring (bicyclic) bond motifs is 1. The van der Waals surface area contributed by atoms with Crippen molar-refractivity contribution in [1.29, 1.82) is 0 Å². The van der Waals surface area contributed by atoms with Crippen LogP contribution in [0.1, 0.15) is 11.1 Å². The summed E-state index contributed by atoms with van der Waals surface area (Å²) in [7, 11) is -1.46. The maximum atomic E-state index is 13.0. The fraction of sp³-hybridized carbons (Fsp3) is 0.0870. The molecule has 0 amide bonds. The number of pyridine rings is 1. The molecular weight excluding hydrogens is 435 g/mol. The topological polar surface area (TPSA) is 12.9 Å². The minimum absolute atomic E-state index is 0.561. The Hall–Kier alpha value is -2.92. The van der Waals surface area contributed by atoms with Crippen LogP contribution in [0.15, 0.2) is 84.9 Å². The monoisotopic (exact) mass is 449 g/mol. The summed E-state index contributed by atoms with van der Waals surface area (Å²) in [6.45, 7) is 0.